The van der Waals surface area contributed by atoms with Crippen molar-refractivity contribution in [3.05, 3.63) is 95.9 Å². The molecule has 5 rings (SSSR count). The maximum absolute atomic E-state index is 13.3. The van der Waals surface area contributed by atoms with Crippen LogP contribution in [0.25, 0.3) is 5.65 Å². The lowest BCUT2D eigenvalue weighted by atomic mass is 10.0. The highest BCUT2D eigenvalue weighted by molar-refractivity contribution is 6.12. The highest BCUT2D eigenvalue weighted by atomic mass is 19.4. The first kappa shape index (κ1) is 18.2. The number of para-hydroxylation sites is 1. The molecule has 2 aromatic carbocycles. The number of nitrogens with one attached hydrogen (secondary N) is 1. The number of imidazole rings is 1. The highest BCUT2D eigenvalue weighted by Gasteiger charge is 2.37. The minimum atomic E-state index is -4.52. The fraction of sp³-hybridized carbons (Fsp3) is 0.0909. The van der Waals surface area contributed by atoms with Crippen molar-refractivity contribution >= 4 is 22.9 Å². The molecule has 1 aliphatic rings. The quantitative estimate of drug-likeness (QED) is 0.501. The van der Waals surface area contributed by atoms with Gasteiger partial charge < -0.3 is 9.72 Å². The smallest absolute Gasteiger partial charge is 0.359 e. The number of halogens is 3. The Morgan fingerprint density at radius 1 is 0.967 bits per heavy atom. The van der Waals surface area contributed by atoms with Crippen LogP contribution in [0.3, 0.4) is 0 Å². The average molecular weight is 408 g/mol. The predicted octanol–water partition coefficient (Wildman–Crippen LogP) is 5.12. The minimum Gasteiger partial charge on any atom is -0.359 e. The third-order valence-corrected chi connectivity index (χ3v) is 5.04. The van der Waals surface area contributed by atoms with E-state index in [9.17, 15) is 18.0 Å². The van der Waals surface area contributed by atoms with E-state index in [2.05, 4.69) is 10.3 Å². The summed E-state index contributed by atoms with van der Waals surface area (Å²) in [6.45, 7) is 0. The van der Waals surface area contributed by atoms with Gasteiger partial charge in [-0.2, -0.15) is 13.2 Å². The van der Waals surface area contributed by atoms with Crippen LogP contribution in [-0.2, 0) is 6.18 Å². The largest absolute Gasteiger partial charge is 0.416 e. The van der Waals surface area contributed by atoms with E-state index in [0.717, 1.165) is 12.1 Å². The second-order valence-corrected chi connectivity index (χ2v) is 6.95. The third kappa shape index (κ3) is 2.97. The van der Waals surface area contributed by atoms with Gasteiger partial charge in [-0.05, 0) is 42.5 Å². The summed E-state index contributed by atoms with van der Waals surface area (Å²) in [5, 5.41) is 3.26. The predicted molar refractivity (Wildman–Crippen MR) is 106 cm³/mol. The first-order valence-corrected chi connectivity index (χ1v) is 9.22. The Bertz CT molecular complexity index is 1230. The number of carbonyl (C=O) groups excluding carboxylic acids is 1. The number of aromatic nitrogens is 2. The summed E-state index contributed by atoms with van der Waals surface area (Å²) in [6.07, 6.45) is -1.71. The molecule has 2 aromatic heterocycles. The average Bonchev–Trinajstić information content (AvgIpc) is 3.17. The van der Waals surface area contributed by atoms with Crippen molar-refractivity contribution in [3.63, 3.8) is 0 Å². The van der Waals surface area contributed by atoms with Gasteiger partial charge in [-0.25, -0.2) is 4.98 Å². The molecule has 1 aliphatic heterocycles. The van der Waals surface area contributed by atoms with E-state index in [1.165, 1.54) is 17.0 Å². The monoisotopic (exact) mass is 408 g/mol. The lowest BCUT2D eigenvalue weighted by Crippen LogP contribution is -2.43. The molecule has 0 spiro atoms. The van der Waals surface area contributed by atoms with Crippen LogP contribution in [0.5, 0.6) is 0 Å². The van der Waals surface area contributed by atoms with E-state index < -0.39 is 23.8 Å². The van der Waals surface area contributed by atoms with Crippen molar-refractivity contribution in [2.45, 2.75) is 12.3 Å². The van der Waals surface area contributed by atoms with Crippen LogP contribution >= 0.6 is 0 Å². The van der Waals surface area contributed by atoms with E-state index >= 15 is 0 Å². The zero-order chi connectivity index (χ0) is 20.9. The molecule has 0 radical (unpaired) electrons. The van der Waals surface area contributed by atoms with Crippen molar-refractivity contribution < 1.29 is 18.0 Å². The van der Waals surface area contributed by atoms with Gasteiger partial charge in [0.15, 0.2) is 6.17 Å². The van der Waals surface area contributed by atoms with Crippen LogP contribution in [0.1, 0.15) is 27.8 Å². The van der Waals surface area contributed by atoms with E-state index in [-0.39, 0.29) is 5.69 Å². The number of alkyl halides is 3. The van der Waals surface area contributed by atoms with Crippen LogP contribution in [-0.4, -0.2) is 15.3 Å². The highest BCUT2D eigenvalue weighted by Crippen LogP contribution is 2.38. The summed E-state index contributed by atoms with van der Waals surface area (Å²) < 4.78 is 41.7. The Morgan fingerprint density at radius 3 is 2.57 bits per heavy atom. The lowest BCUT2D eigenvalue weighted by Gasteiger charge is -2.37. The Labute approximate surface area is 169 Å². The van der Waals surface area contributed by atoms with Crippen molar-refractivity contribution in [1.29, 1.82) is 0 Å². The fourth-order valence-corrected chi connectivity index (χ4v) is 3.64. The molecular formula is C22H15F3N4O. The maximum atomic E-state index is 13.3. The van der Waals surface area contributed by atoms with E-state index in [1.807, 2.05) is 24.4 Å². The zero-order valence-electron chi connectivity index (χ0n) is 15.5. The topological polar surface area (TPSA) is 49.6 Å². The Kier molecular flexibility index (Phi) is 4.02. The zero-order valence-corrected chi connectivity index (χ0v) is 15.5. The van der Waals surface area contributed by atoms with Crippen LogP contribution in [0.2, 0.25) is 0 Å². The van der Waals surface area contributed by atoms with Crippen LogP contribution in [0.4, 0.5) is 24.5 Å². The normalized spacial score (nSPS) is 16.4. The van der Waals surface area contributed by atoms with Gasteiger partial charge in [-0.3, -0.25) is 9.69 Å². The summed E-state index contributed by atoms with van der Waals surface area (Å²) >= 11 is 0. The molecule has 1 unspecified atom stereocenters. The maximum Gasteiger partial charge on any atom is 0.416 e. The number of rotatable bonds is 2. The molecule has 30 heavy (non-hydrogen) atoms. The van der Waals surface area contributed by atoms with Crippen LogP contribution in [0.15, 0.2) is 79.1 Å². The van der Waals surface area contributed by atoms with Crippen LogP contribution in [0, 0.1) is 0 Å². The Hall–Kier alpha value is -3.81. The summed E-state index contributed by atoms with van der Waals surface area (Å²) in [5.41, 5.74) is 1.49. The standard InChI is InChI=1S/C22H15F3N4O/c23-22(24,25)14-6-5-7-15(12-14)29-20(18-13-28-11-4-3-10-19(28)26-18)27-17-9-2-1-8-16(17)21(29)30/h1-13,20,27H. The number of nitrogens with zero attached hydrogens (tertiary/aromatic N) is 3. The molecular weight excluding hydrogens is 393 g/mol. The van der Waals surface area contributed by atoms with Gasteiger partial charge in [-0.15, -0.1) is 0 Å². The molecule has 0 aliphatic carbocycles. The first-order valence-electron chi connectivity index (χ1n) is 9.22. The minimum absolute atomic E-state index is 0.138. The molecule has 5 nitrogen and oxygen atoms in total. The van der Waals surface area contributed by atoms with E-state index in [4.69, 9.17) is 0 Å². The van der Waals surface area contributed by atoms with Gasteiger partial charge in [-0.1, -0.05) is 24.3 Å². The van der Waals surface area contributed by atoms with Gasteiger partial charge in [0.2, 0.25) is 0 Å². The van der Waals surface area contributed by atoms with Gasteiger partial charge in [0.05, 0.1) is 11.1 Å². The Morgan fingerprint density at radius 2 is 1.77 bits per heavy atom. The molecule has 3 heterocycles. The van der Waals surface area contributed by atoms with Gasteiger partial charge in [0.1, 0.15) is 11.3 Å². The molecule has 150 valence electrons. The number of amides is 1. The van der Waals surface area contributed by atoms with Crippen LogP contribution < -0.4 is 10.2 Å². The van der Waals surface area contributed by atoms with Gasteiger partial charge in [0, 0.05) is 23.8 Å². The summed E-state index contributed by atoms with van der Waals surface area (Å²) in [7, 11) is 0. The van der Waals surface area contributed by atoms with E-state index in [0.29, 0.717) is 22.6 Å². The Balaban J connectivity index is 1.68. The molecule has 0 saturated carbocycles. The number of hydrogen-bond acceptors (Lipinski definition) is 3. The molecule has 8 heteroatoms. The van der Waals surface area contributed by atoms with Crippen molar-refractivity contribution in [1.82, 2.24) is 9.38 Å². The van der Waals surface area contributed by atoms with Gasteiger partial charge in [0.25, 0.3) is 5.91 Å². The number of carbonyl (C=O) groups is 1. The number of fused-ring (bicyclic) bond motifs is 2. The molecule has 1 amide bonds. The number of anilines is 2. The lowest BCUT2D eigenvalue weighted by molar-refractivity contribution is -0.137. The summed E-state index contributed by atoms with van der Waals surface area (Å²) in [5.74, 6) is -0.397. The molecule has 0 bridgehead atoms. The molecule has 0 saturated heterocycles. The van der Waals surface area contributed by atoms with Crippen molar-refractivity contribution in [2.24, 2.45) is 0 Å². The fourth-order valence-electron chi connectivity index (χ4n) is 3.64. The molecule has 1 atom stereocenters. The van der Waals surface area contributed by atoms with Crippen molar-refractivity contribution in [2.75, 3.05) is 10.2 Å². The number of hydrogen-bond donors (Lipinski definition) is 1. The first-order chi connectivity index (χ1) is 14.4. The second kappa shape index (κ2) is 6.62. The molecule has 0 fully saturated rings. The third-order valence-electron chi connectivity index (χ3n) is 5.04. The number of benzene rings is 2. The second-order valence-electron chi connectivity index (χ2n) is 6.95. The van der Waals surface area contributed by atoms with E-state index in [1.54, 1.807) is 34.9 Å². The molecule has 4 aromatic rings. The van der Waals surface area contributed by atoms with Gasteiger partial charge >= 0.3 is 6.18 Å². The summed E-state index contributed by atoms with van der Waals surface area (Å²) in [4.78, 5) is 19.2. The van der Waals surface area contributed by atoms with Crippen molar-refractivity contribution in [3.8, 4) is 0 Å². The number of pyridine rings is 1. The SMILES string of the molecule is O=C1c2ccccc2NC(c2cn3ccccc3n2)N1c1cccc(C(F)(F)F)c1. The summed E-state index contributed by atoms with van der Waals surface area (Å²) in [6, 6.07) is 17.2. The molecule has 1 N–H and O–H groups in total.